The first-order valence-corrected chi connectivity index (χ1v) is 9.62. The number of rotatable bonds is 4. The van der Waals surface area contributed by atoms with E-state index in [2.05, 4.69) is 45.1 Å². The van der Waals surface area contributed by atoms with Crippen molar-refractivity contribution >= 4 is 50.4 Å². The van der Waals surface area contributed by atoms with Gasteiger partial charge in [0.15, 0.2) is 0 Å². The van der Waals surface area contributed by atoms with E-state index in [0.29, 0.717) is 0 Å². The molecule has 0 amide bonds. The molecule has 4 rings (SSSR count). The van der Waals surface area contributed by atoms with Crippen LogP contribution in [0.4, 0.5) is 0 Å². The molecule has 0 bridgehead atoms. The number of hydrogen-bond acceptors (Lipinski definition) is 4. The average Bonchev–Trinajstić information content (AvgIpc) is 3.15. The summed E-state index contributed by atoms with van der Waals surface area (Å²) in [5.41, 5.74) is 3.47. The second-order valence-electron chi connectivity index (χ2n) is 5.19. The molecule has 0 spiro atoms. The zero-order valence-corrected chi connectivity index (χ0v) is 14.9. The highest BCUT2D eigenvalue weighted by Gasteiger charge is 2.14. The second-order valence-corrected chi connectivity index (χ2v) is 7.51. The maximum absolute atomic E-state index is 6.25. The van der Waals surface area contributed by atoms with Crippen LogP contribution >= 0.6 is 34.7 Å². The van der Waals surface area contributed by atoms with Crippen molar-refractivity contribution < 1.29 is 0 Å². The van der Waals surface area contributed by atoms with Gasteiger partial charge in [-0.05, 0) is 29.1 Å². The fourth-order valence-corrected chi connectivity index (χ4v) is 4.68. The van der Waals surface area contributed by atoms with E-state index in [9.17, 15) is 0 Å². The first kappa shape index (κ1) is 15.0. The van der Waals surface area contributed by atoms with Crippen molar-refractivity contribution in [3.63, 3.8) is 0 Å². The molecule has 0 atom stereocenters. The third-order valence-corrected chi connectivity index (χ3v) is 6.04. The van der Waals surface area contributed by atoms with Crippen molar-refractivity contribution in [3.8, 4) is 0 Å². The van der Waals surface area contributed by atoms with E-state index in [1.807, 2.05) is 18.2 Å². The fraction of sp³-hybridized carbons (Fsp3) is 0.176. The van der Waals surface area contributed by atoms with Gasteiger partial charge in [-0.2, -0.15) is 0 Å². The lowest BCUT2D eigenvalue weighted by atomic mass is 10.2. The van der Waals surface area contributed by atoms with Crippen LogP contribution in [0.25, 0.3) is 15.7 Å². The second kappa shape index (κ2) is 6.15. The van der Waals surface area contributed by atoms with Gasteiger partial charge in [0.2, 0.25) is 0 Å². The number of benzene rings is 1. The van der Waals surface area contributed by atoms with Crippen molar-refractivity contribution in [2.45, 2.75) is 24.1 Å². The maximum Gasteiger partial charge on any atom is 0.143 e. The first-order chi connectivity index (χ1) is 11.3. The molecule has 6 heteroatoms. The van der Waals surface area contributed by atoms with Crippen molar-refractivity contribution in [3.05, 3.63) is 58.2 Å². The zero-order chi connectivity index (χ0) is 15.8. The Hall–Kier alpha value is -1.56. The molecule has 0 aliphatic heterocycles. The summed E-state index contributed by atoms with van der Waals surface area (Å²) in [5.74, 6) is 1.78. The predicted molar refractivity (Wildman–Crippen MR) is 98.8 cm³/mol. The number of nitrogens with zero attached hydrogens (tertiary/aromatic N) is 3. The van der Waals surface area contributed by atoms with Gasteiger partial charge in [-0.25, -0.2) is 0 Å². The lowest BCUT2D eigenvalue weighted by molar-refractivity contribution is 0.793. The third-order valence-electron chi connectivity index (χ3n) is 3.79. The van der Waals surface area contributed by atoms with E-state index in [1.165, 1.54) is 10.2 Å². The Morgan fingerprint density at radius 3 is 2.87 bits per heavy atom. The highest BCUT2D eigenvalue weighted by atomic mass is 35.5. The maximum atomic E-state index is 6.25. The molecule has 0 aliphatic carbocycles. The minimum atomic E-state index is 0.786. The molecule has 0 radical (unpaired) electrons. The van der Waals surface area contributed by atoms with Crippen molar-refractivity contribution in [2.75, 3.05) is 0 Å². The summed E-state index contributed by atoms with van der Waals surface area (Å²) in [6, 6.07) is 12.3. The highest BCUT2D eigenvalue weighted by molar-refractivity contribution is 7.98. The number of halogens is 1. The monoisotopic (exact) mass is 359 g/mol. The minimum absolute atomic E-state index is 0.786. The van der Waals surface area contributed by atoms with Crippen molar-refractivity contribution in [1.82, 2.24) is 14.6 Å². The Labute approximate surface area is 147 Å². The van der Waals surface area contributed by atoms with E-state index in [1.54, 1.807) is 23.1 Å². The Morgan fingerprint density at radius 1 is 1.17 bits per heavy atom. The summed E-state index contributed by atoms with van der Waals surface area (Å²) in [7, 11) is 0. The molecule has 0 aliphatic rings. The lowest BCUT2D eigenvalue weighted by Gasteiger charge is -2.08. The summed E-state index contributed by atoms with van der Waals surface area (Å²) in [6.45, 7) is 2.11. The molecule has 116 valence electrons. The topological polar surface area (TPSA) is 30.2 Å². The molecule has 0 saturated carbocycles. The van der Waals surface area contributed by atoms with Crippen LogP contribution in [0.15, 0.2) is 46.8 Å². The summed E-state index contributed by atoms with van der Waals surface area (Å²) >= 11 is 9.68. The number of hydrogen-bond donors (Lipinski definition) is 0. The van der Waals surface area contributed by atoms with Crippen LogP contribution in [0.5, 0.6) is 0 Å². The van der Waals surface area contributed by atoms with Gasteiger partial charge < -0.3 is 0 Å². The summed E-state index contributed by atoms with van der Waals surface area (Å²) in [5, 5.41) is 12.7. The quantitative estimate of drug-likeness (QED) is 0.454. The summed E-state index contributed by atoms with van der Waals surface area (Å²) in [6.07, 6.45) is 0.860. The van der Waals surface area contributed by atoms with E-state index in [0.717, 1.165) is 39.1 Å². The highest BCUT2D eigenvalue weighted by Crippen LogP contribution is 2.33. The van der Waals surface area contributed by atoms with Gasteiger partial charge in [-0.1, -0.05) is 48.5 Å². The van der Waals surface area contributed by atoms with Crippen LogP contribution in [0.2, 0.25) is 5.02 Å². The molecule has 0 unspecified atom stereocenters. The van der Waals surface area contributed by atoms with Gasteiger partial charge in [0.05, 0.1) is 15.7 Å². The molecular formula is C17H14ClN3S2. The van der Waals surface area contributed by atoms with E-state index < -0.39 is 0 Å². The van der Waals surface area contributed by atoms with E-state index in [-0.39, 0.29) is 0 Å². The minimum Gasteiger partial charge on any atom is -0.293 e. The van der Waals surface area contributed by atoms with Gasteiger partial charge in [0.25, 0.3) is 0 Å². The first-order valence-electron chi connectivity index (χ1n) is 7.38. The van der Waals surface area contributed by atoms with Crippen molar-refractivity contribution in [1.29, 1.82) is 0 Å². The number of aromatic nitrogens is 3. The van der Waals surface area contributed by atoms with Gasteiger partial charge in [-0.15, -0.1) is 21.5 Å². The van der Waals surface area contributed by atoms with Gasteiger partial charge in [0, 0.05) is 17.2 Å². The van der Waals surface area contributed by atoms with Gasteiger partial charge in [0.1, 0.15) is 10.9 Å². The van der Waals surface area contributed by atoms with Crippen molar-refractivity contribution in [2.24, 2.45) is 0 Å². The molecule has 3 aromatic heterocycles. The number of thioether (sulfide) groups is 1. The third kappa shape index (κ3) is 2.63. The van der Waals surface area contributed by atoms with Gasteiger partial charge >= 0.3 is 0 Å². The van der Waals surface area contributed by atoms with Gasteiger partial charge in [-0.3, -0.25) is 4.40 Å². The van der Waals surface area contributed by atoms with Crippen LogP contribution in [0.1, 0.15) is 18.3 Å². The van der Waals surface area contributed by atoms with E-state index >= 15 is 0 Å². The Bertz CT molecular complexity index is 990. The normalized spacial score (nSPS) is 11.6. The average molecular weight is 360 g/mol. The molecule has 0 fully saturated rings. The number of fused-ring (bicyclic) bond motifs is 3. The van der Waals surface area contributed by atoms with Crippen LogP contribution in [-0.4, -0.2) is 14.6 Å². The fourth-order valence-electron chi connectivity index (χ4n) is 2.65. The molecule has 23 heavy (non-hydrogen) atoms. The zero-order valence-electron chi connectivity index (χ0n) is 12.5. The van der Waals surface area contributed by atoms with Crippen LogP contribution in [-0.2, 0) is 12.2 Å². The molecule has 3 nitrogen and oxygen atoms in total. The molecule has 4 aromatic rings. The summed E-state index contributed by atoms with van der Waals surface area (Å²) in [4.78, 5) is 0. The molecule has 1 aromatic carbocycles. The van der Waals surface area contributed by atoms with Crippen LogP contribution in [0.3, 0.4) is 0 Å². The lowest BCUT2D eigenvalue weighted by Crippen LogP contribution is -2.03. The Kier molecular flexibility index (Phi) is 4.01. The largest absolute Gasteiger partial charge is 0.293 e. The number of thiophene rings is 1. The molecular weight excluding hydrogens is 346 g/mol. The Balaban J connectivity index is 1.77. The predicted octanol–water partition coefficient (Wildman–Crippen LogP) is 5.45. The molecule has 0 saturated heterocycles. The SMILES string of the molecule is CCc1nnc(SCc2ccccc2Cl)c2cc3sccc3n12. The number of aryl methyl sites for hydroxylation is 1. The van der Waals surface area contributed by atoms with Crippen LogP contribution in [0, 0.1) is 0 Å². The molecule has 0 N–H and O–H groups in total. The smallest absolute Gasteiger partial charge is 0.143 e. The van der Waals surface area contributed by atoms with Crippen LogP contribution < -0.4 is 0 Å². The Morgan fingerprint density at radius 2 is 2.04 bits per heavy atom. The summed E-state index contributed by atoms with van der Waals surface area (Å²) < 4.78 is 3.50. The molecule has 3 heterocycles. The standard InChI is InChI=1S/C17H14ClN3S2/c1-2-16-19-20-17(23-10-11-5-3-4-6-12(11)18)14-9-15-13(21(14)16)7-8-22-15/h3-9H,2,10H2,1H3. The van der Waals surface area contributed by atoms with E-state index in [4.69, 9.17) is 11.6 Å².